The number of carbonyl (C=O) groups is 1. The van der Waals surface area contributed by atoms with E-state index in [4.69, 9.17) is 0 Å². The van der Waals surface area contributed by atoms with Gasteiger partial charge in [0.2, 0.25) is 11.8 Å². The average molecular weight is 266 g/mol. The molecule has 1 nitrogen and oxygen atoms in total. The van der Waals surface area contributed by atoms with Gasteiger partial charge in [0.05, 0.1) is 0 Å². The number of halogens is 4. The fourth-order valence-electron chi connectivity index (χ4n) is 3.11. The van der Waals surface area contributed by atoms with Crippen molar-refractivity contribution in [3.63, 3.8) is 0 Å². The second-order valence-corrected chi connectivity index (χ2v) is 5.78. The summed E-state index contributed by atoms with van der Waals surface area (Å²) in [6.07, 6.45) is 0.237. The van der Waals surface area contributed by atoms with Crippen molar-refractivity contribution in [1.82, 2.24) is 0 Å². The standard InChI is InChI=1S/C13H18F4O/c14-12(15)4-1-2-10(8-12)11(18)6-9-3-5-13(16,17)7-9/h9-10H,1-8H2. The van der Waals surface area contributed by atoms with Crippen molar-refractivity contribution in [1.29, 1.82) is 0 Å². The minimum Gasteiger partial charge on any atom is -0.299 e. The summed E-state index contributed by atoms with van der Waals surface area (Å²) in [6, 6.07) is 0. The van der Waals surface area contributed by atoms with Gasteiger partial charge in [0.25, 0.3) is 0 Å². The molecule has 0 aromatic heterocycles. The molecule has 2 atom stereocenters. The van der Waals surface area contributed by atoms with Gasteiger partial charge in [0, 0.05) is 38.0 Å². The van der Waals surface area contributed by atoms with Crippen LogP contribution in [0.4, 0.5) is 17.6 Å². The third-order valence-corrected chi connectivity index (χ3v) is 4.09. The molecule has 0 amide bonds. The molecule has 0 aliphatic heterocycles. The lowest BCUT2D eigenvalue weighted by Gasteiger charge is -2.28. The topological polar surface area (TPSA) is 17.1 Å². The van der Waals surface area contributed by atoms with E-state index in [1.165, 1.54) is 0 Å². The van der Waals surface area contributed by atoms with Gasteiger partial charge in [-0.25, -0.2) is 17.6 Å². The van der Waals surface area contributed by atoms with Gasteiger partial charge in [-0.1, -0.05) is 0 Å². The molecule has 2 unspecified atom stereocenters. The number of rotatable bonds is 3. The van der Waals surface area contributed by atoms with Crippen LogP contribution in [0, 0.1) is 11.8 Å². The Morgan fingerprint density at radius 1 is 1.00 bits per heavy atom. The van der Waals surface area contributed by atoms with E-state index in [1.807, 2.05) is 0 Å². The molecule has 5 heteroatoms. The minimum atomic E-state index is -2.75. The zero-order chi connectivity index (χ0) is 13.4. The molecule has 0 N–H and O–H groups in total. The van der Waals surface area contributed by atoms with E-state index in [0.29, 0.717) is 19.3 Å². The van der Waals surface area contributed by atoms with Crippen LogP contribution in [-0.4, -0.2) is 17.6 Å². The predicted molar refractivity (Wildman–Crippen MR) is 58.8 cm³/mol. The minimum absolute atomic E-state index is 0.0519. The molecular weight excluding hydrogens is 248 g/mol. The van der Waals surface area contributed by atoms with Gasteiger partial charge < -0.3 is 0 Å². The molecule has 0 heterocycles. The maximum absolute atomic E-state index is 13.2. The Balaban J connectivity index is 1.85. The van der Waals surface area contributed by atoms with Gasteiger partial charge in [0.1, 0.15) is 5.78 Å². The van der Waals surface area contributed by atoms with E-state index in [0.717, 1.165) is 0 Å². The SMILES string of the molecule is O=C(CC1CCC(F)(F)C1)C1CCCC(F)(F)C1. The number of carbonyl (C=O) groups excluding carboxylic acids is 1. The van der Waals surface area contributed by atoms with Crippen molar-refractivity contribution in [2.45, 2.75) is 63.2 Å². The predicted octanol–water partition coefficient (Wildman–Crippen LogP) is 4.21. The van der Waals surface area contributed by atoms with Crippen LogP contribution in [0.2, 0.25) is 0 Å². The lowest BCUT2D eigenvalue weighted by atomic mass is 9.81. The van der Waals surface area contributed by atoms with Crippen LogP contribution >= 0.6 is 0 Å². The third kappa shape index (κ3) is 3.45. The maximum Gasteiger partial charge on any atom is 0.248 e. The molecule has 0 radical (unpaired) electrons. The highest BCUT2D eigenvalue weighted by Gasteiger charge is 2.43. The smallest absolute Gasteiger partial charge is 0.248 e. The first-order valence-corrected chi connectivity index (χ1v) is 6.56. The lowest BCUT2D eigenvalue weighted by Crippen LogP contribution is -2.31. The molecule has 0 aromatic rings. The van der Waals surface area contributed by atoms with Crippen LogP contribution in [0.15, 0.2) is 0 Å². The van der Waals surface area contributed by atoms with Crippen LogP contribution in [-0.2, 0) is 4.79 Å². The van der Waals surface area contributed by atoms with Crippen LogP contribution in [0.5, 0.6) is 0 Å². The molecule has 104 valence electrons. The van der Waals surface area contributed by atoms with E-state index in [-0.39, 0.29) is 37.4 Å². The van der Waals surface area contributed by atoms with Crippen molar-refractivity contribution in [2.24, 2.45) is 11.8 Å². The average Bonchev–Trinajstić information content (AvgIpc) is 2.56. The monoisotopic (exact) mass is 266 g/mol. The zero-order valence-corrected chi connectivity index (χ0v) is 10.2. The number of hydrogen-bond donors (Lipinski definition) is 0. The van der Waals surface area contributed by atoms with Gasteiger partial charge >= 0.3 is 0 Å². The summed E-state index contributed by atoms with van der Waals surface area (Å²) in [4.78, 5) is 11.9. The Morgan fingerprint density at radius 2 is 1.67 bits per heavy atom. The Kier molecular flexibility index (Phi) is 3.70. The molecule has 2 saturated carbocycles. The first kappa shape index (κ1) is 13.8. The fourth-order valence-corrected chi connectivity index (χ4v) is 3.11. The van der Waals surface area contributed by atoms with E-state index in [2.05, 4.69) is 0 Å². The Morgan fingerprint density at radius 3 is 2.22 bits per heavy atom. The van der Waals surface area contributed by atoms with Crippen LogP contribution in [0.25, 0.3) is 0 Å². The van der Waals surface area contributed by atoms with Crippen LogP contribution < -0.4 is 0 Å². The second-order valence-electron chi connectivity index (χ2n) is 5.78. The number of hydrogen-bond acceptors (Lipinski definition) is 1. The van der Waals surface area contributed by atoms with E-state index >= 15 is 0 Å². The zero-order valence-electron chi connectivity index (χ0n) is 10.2. The van der Waals surface area contributed by atoms with Gasteiger partial charge in [-0.3, -0.25) is 4.79 Å². The summed E-state index contributed by atoms with van der Waals surface area (Å²) in [6.45, 7) is 0. The molecule has 2 aliphatic carbocycles. The van der Waals surface area contributed by atoms with Gasteiger partial charge in [0.15, 0.2) is 0 Å². The molecule has 0 spiro atoms. The van der Waals surface area contributed by atoms with Crippen LogP contribution in [0.1, 0.15) is 51.4 Å². The summed E-state index contributed by atoms with van der Waals surface area (Å²) in [5.41, 5.74) is 0. The lowest BCUT2D eigenvalue weighted by molar-refractivity contribution is -0.131. The van der Waals surface area contributed by atoms with Crippen molar-refractivity contribution >= 4 is 5.78 Å². The molecule has 2 aliphatic rings. The summed E-state index contributed by atoms with van der Waals surface area (Å²) < 4.78 is 52.3. The molecule has 2 rings (SSSR count). The Labute approximate surface area is 104 Å². The van der Waals surface area contributed by atoms with Gasteiger partial charge in [-0.15, -0.1) is 0 Å². The normalized spacial score (nSPS) is 34.4. The summed E-state index contributed by atoms with van der Waals surface area (Å²) in [5.74, 6) is -6.59. The number of Topliss-reactive ketones (excluding diaryl/α,β-unsaturated/α-hetero) is 1. The van der Waals surface area contributed by atoms with E-state index < -0.39 is 24.2 Å². The number of alkyl halides is 4. The highest BCUT2D eigenvalue weighted by atomic mass is 19.3. The molecule has 0 saturated heterocycles. The number of ketones is 1. The summed E-state index contributed by atoms with van der Waals surface area (Å²) >= 11 is 0. The summed E-state index contributed by atoms with van der Waals surface area (Å²) in [5, 5.41) is 0. The van der Waals surface area contributed by atoms with Crippen molar-refractivity contribution in [3.05, 3.63) is 0 Å². The van der Waals surface area contributed by atoms with Gasteiger partial charge in [-0.2, -0.15) is 0 Å². The largest absolute Gasteiger partial charge is 0.299 e. The second kappa shape index (κ2) is 4.82. The van der Waals surface area contributed by atoms with E-state index in [9.17, 15) is 22.4 Å². The third-order valence-electron chi connectivity index (χ3n) is 4.09. The first-order chi connectivity index (χ1) is 8.27. The summed E-state index contributed by atoms with van der Waals surface area (Å²) in [7, 11) is 0. The van der Waals surface area contributed by atoms with Crippen molar-refractivity contribution < 1.29 is 22.4 Å². The van der Waals surface area contributed by atoms with Crippen molar-refractivity contribution in [3.8, 4) is 0 Å². The molecule has 0 aromatic carbocycles. The Bertz CT molecular complexity index is 327. The van der Waals surface area contributed by atoms with Crippen molar-refractivity contribution in [2.75, 3.05) is 0 Å². The molecule has 2 fully saturated rings. The highest BCUT2D eigenvalue weighted by Crippen LogP contribution is 2.42. The molecular formula is C13H18F4O. The highest BCUT2D eigenvalue weighted by molar-refractivity contribution is 5.81. The fraction of sp³-hybridized carbons (Fsp3) is 0.923. The first-order valence-electron chi connectivity index (χ1n) is 6.56. The molecule has 0 bridgehead atoms. The maximum atomic E-state index is 13.2. The van der Waals surface area contributed by atoms with Crippen LogP contribution in [0.3, 0.4) is 0 Å². The van der Waals surface area contributed by atoms with Gasteiger partial charge in [-0.05, 0) is 25.2 Å². The Hall–Kier alpha value is -0.610. The van der Waals surface area contributed by atoms with E-state index in [1.54, 1.807) is 0 Å². The molecule has 18 heavy (non-hydrogen) atoms. The quantitative estimate of drug-likeness (QED) is 0.699.